The highest BCUT2D eigenvalue weighted by Gasteiger charge is 2.21. The third-order valence-corrected chi connectivity index (χ3v) is 7.66. The van der Waals surface area contributed by atoms with Gasteiger partial charge in [0.2, 0.25) is 0 Å². The molecule has 222 valence electrons. The highest BCUT2D eigenvalue weighted by Crippen LogP contribution is 2.33. The predicted octanol–water partition coefficient (Wildman–Crippen LogP) is 5.55. The Labute approximate surface area is 253 Å². The van der Waals surface area contributed by atoms with E-state index in [2.05, 4.69) is 11.1 Å². The zero-order valence-corrected chi connectivity index (χ0v) is 24.2. The molecule has 44 heavy (non-hydrogen) atoms. The van der Waals surface area contributed by atoms with Gasteiger partial charge in [-0.25, -0.2) is 19.4 Å². The molecule has 0 bridgehead atoms. The molecule has 2 aromatic heterocycles. The van der Waals surface area contributed by atoms with Crippen LogP contribution in [0.2, 0.25) is 0 Å². The fourth-order valence-corrected chi connectivity index (χ4v) is 5.17. The van der Waals surface area contributed by atoms with Crippen LogP contribution in [0.3, 0.4) is 0 Å². The summed E-state index contributed by atoms with van der Waals surface area (Å²) < 4.78 is 17.0. The van der Waals surface area contributed by atoms with Gasteiger partial charge < -0.3 is 23.7 Å². The number of likely N-dealkylation sites (N-methyl/N-ethyl adjacent to an activating group) is 2. The van der Waals surface area contributed by atoms with Gasteiger partial charge in [0.25, 0.3) is 5.69 Å². The summed E-state index contributed by atoms with van der Waals surface area (Å²) >= 11 is 1.28. The average Bonchev–Trinajstić information content (AvgIpc) is 3.45. The van der Waals surface area contributed by atoms with Gasteiger partial charge in [-0.3, -0.25) is 10.1 Å². The number of hydrogen-bond acceptors (Lipinski definition) is 11. The normalized spacial score (nSPS) is 10.8. The Morgan fingerprint density at radius 1 is 1.05 bits per heavy atom. The van der Waals surface area contributed by atoms with E-state index in [-0.39, 0.29) is 47.8 Å². The molecular formula is C30H23N5O8S. The summed E-state index contributed by atoms with van der Waals surface area (Å²) in [5.74, 6) is 0.0880. The van der Waals surface area contributed by atoms with Gasteiger partial charge in [-0.1, -0.05) is 12.1 Å². The zero-order chi connectivity index (χ0) is 31.4. The lowest BCUT2D eigenvalue weighted by molar-refractivity contribution is -0.384. The second-order valence-electron chi connectivity index (χ2n) is 9.59. The van der Waals surface area contributed by atoms with Crippen LogP contribution in [-0.2, 0) is 11.3 Å². The number of nitro benzene ring substituents is 1. The number of carbonyl (C=O) groups is 2. The number of amides is 2. The van der Waals surface area contributed by atoms with Gasteiger partial charge >= 0.3 is 17.8 Å². The first-order valence-electron chi connectivity index (χ1n) is 13.1. The molecule has 14 heteroatoms. The molecular weight excluding hydrogens is 590 g/mol. The number of fused-ring (bicyclic) bond motifs is 2. The lowest BCUT2D eigenvalue weighted by Crippen LogP contribution is -2.38. The molecule has 0 aliphatic heterocycles. The smallest absolute Gasteiger partial charge is 0.415 e. The van der Waals surface area contributed by atoms with E-state index in [1.54, 1.807) is 0 Å². The van der Waals surface area contributed by atoms with Gasteiger partial charge in [-0.2, -0.15) is 5.26 Å². The number of nitriles is 1. The molecule has 5 aromatic rings. The van der Waals surface area contributed by atoms with Crippen molar-refractivity contribution in [2.24, 2.45) is 0 Å². The molecule has 0 aliphatic rings. The maximum atomic E-state index is 13.0. The number of thiazole rings is 1. The first-order valence-corrected chi connectivity index (χ1v) is 13.9. The molecule has 0 spiro atoms. The predicted molar refractivity (Wildman–Crippen MR) is 160 cm³/mol. The van der Waals surface area contributed by atoms with E-state index in [4.69, 9.17) is 13.9 Å². The van der Waals surface area contributed by atoms with E-state index in [1.165, 1.54) is 77.7 Å². The Morgan fingerprint density at radius 2 is 1.75 bits per heavy atom. The van der Waals surface area contributed by atoms with Crippen molar-refractivity contribution in [2.45, 2.75) is 6.61 Å². The van der Waals surface area contributed by atoms with E-state index < -0.39 is 22.7 Å². The summed E-state index contributed by atoms with van der Waals surface area (Å²) in [7, 11) is 2.98. The van der Waals surface area contributed by atoms with E-state index in [1.807, 2.05) is 24.3 Å². The lowest BCUT2D eigenvalue weighted by Gasteiger charge is -2.21. The molecule has 13 nitrogen and oxygen atoms in total. The molecule has 2 amide bonds. The average molecular weight is 614 g/mol. The molecule has 0 fully saturated rings. The Hall–Kier alpha value is -5.81. The van der Waals surface area contributed by atoms with Crippen LogP contribution < -0.4 is 10.4 Å². The monoisotopic (exact) mass is 613 g/mol. The Morgan fingerprint density at radius 3 is 2.43 bits per heavy atom. The molecule has 5 rings (SSSR count). The zero-order valence-electron chi connectivity index (χ0n) is 23.4. The van der Waals surface area contributed by atoms with Crippen LogP contribution in [0.5, 0.6) is 5.75 Å². The topological polar surface area (TPSA) is 169 Å². The summed E-state index contributed by atoms with van der Waals surface area (Å²) in [4.78, 5) is 55.2. The van der Waals surface area contributed by atoms with Crippen LogP contribution in [0.15, 0.2) is 75.9 Å². The van der Waals surface area contributed by atoms with Crippen LogP contribution in [0, 0.1) is 21.4 Å². The molecule has 0 saturated carbocycles. The number of hydrogen-bond donors (Lipinski definition) is 0. The van der Waals surface area contributed by atoms with Crippen molar-refractivity contribution in [2.75, 3.05) is 27.2 Å². The van der Waals surface area contributed by atoms with Gasteiger partial charge in [0.1, 0.15) is 34.6 Å². The minimum absolute atomic E-state index is 0.0676. The summed E-state index contributed by atoms with van der Waals surface area (Å²) in [5.41, 5.74) is 0.723. The molecule has 2 heterocycles. The maximum absolute atomic E-state index is 13.0. The van der Waals surface area contributed by atoms with Gasteiger partial charge in [-0.05, 0) is 42.0 Å². The number of ether oxygens (including phenoxy) is 2. The molecule has 0 saturated heterocycles. The van der Waals surface area contributed by atoms with Gasteiger partial charge in [-0.15, -0.1) is 11.3 Å². The summed E-state index contributed by atoms with van der Waals surface area (Å²) in [6.07, 6.45) is -1.38. The van der Waals surface area contributed by atoms with Crippen LogP contribution >= 0.6 is 11.3 Å². The maximum Gasteiger partial charge on any atom is 0.415 e. The number of nitrogens with zero attached hydrogens (tertiary/aromatic N) is 5. The Balaban J connectivity index is 1.20. The van der Waals surface area contributed by atoms with E-state index in [9.17, 15) is 29.8 Å². The van der Waals surface area contributed by atoms with E-state index in [0.29, 0.717) is 21.5 Å². The Kier molecular flexibility index (Phi) is 8.49. The first-order chi connectivity index (χ1) is 21.1. The third-order valence-electron chi connectivity index (χ3n) is 6.61. The molecule has 0 radical (unpaired) electrons. The quantitative estimate of drug-likeness (QED) is 0.123. The number of benzene rings is 3. The van der Waals surface area contributed by atoms with Crippen molar-refractivity contribution in [1.29, 1.82) is 5.26 Å². The highest BCUT2D eigenvalue weighted by atomic mass is 32.1. The largest absolute Gasteiger partial charge is 0.445 e. The fourth-order valence-electron chi connectivity index (χ4n) is 4.16. The fraction of sp³-hybridized carbons (Fsp3) is 0.167. The molecule has 0 unspecified atom stereocenters. The SMILES string of the molecule is CN(CCN(C)C(=O)Oc1ccc2c(C#N)c(-c3nc4ccccc4s3)c(=O)oc2c1)C(=O)OCc1ccc([N+](=O)[O-])cc1. The second kappa shape index (κ2) is 12.6. The first kappa shape index (κ1) is 29.7. The lowest BCUT2D eigenvalue weighted by atomic mass is 10.1. The minimum atomic E-state index is -0.739. The van der Waals surface area contributed by atoms with E-state index in [0.717, 1.165) is 4.70 Å². The van der Waals surface area contributed by atoms with E-state index >= 15 is 0 Å². The minimum Gasteiger partial charge on any atom is -0.445 e. The number of nitro groups is 1. The van der Waals surface area contributed by atoms with Crippen LogP contribution in [0.1, 0.15) is 11.1 Å². The van der Waals surface area contributed by atoms with Gasteiger partial charge in [0, 0.05) is 50.8 Å². The third kappa shape index (κ3) is 6.32. The van der Waals surface area contributed by atoms with Crippen molar-refractivity contribution in [1.82, 2.24) is 14.8 Å². The standard InChI is InChI=1S/C30H23N5O8S/c1-33(29(37)41-17-18-7-9-19(10-8-18)35(39)40)13-14-34(2)30(38)42-20-11-12-21-22(16-31)26(28(36)43-24(21)15-20)27-32-23-5-3-4-6-25(23)44-27/h3-12,15H,13-14,17H2,1-2H3. The number of non-ortho nitro benzene ring substituents is 1. The molecule has 0 N–H and O–H groups in total. The van der Waals surface area contributed by atoms with Crippen molar-refractivity contribution < 1.29 is 28.4 Å². The summed E-state index contributed by atoms with van der Waals surface area (Å²) in [6, 6.07) is 19.5. The molecule has 3 aromatic carbocycles. The summed E-state index contributed by atoms with van der Waals surface area (Å²) in [6.45, 7) is 0.152. The number of aromatic nitrogens is 1. The molecule has 0 atom stereocenters. The van der Waals surface area contributed by atoms with Gasteiger partial charge in [0.05, 0.1) is 20.7 Å². The van der Waals surface area contributed by atoms with Crippen molar-refractivity contribution >= 4 is 50.4 Å². The number of rotatable bonds is 8. The Bertz CT molecular complexity index is 1960. The summed E-state index contributed by atoms with van der Waals surface area (Å²) in [5, 5.41) is 21.4. The van der Waals surface area contributed by atoms with Gasteiger partial charge in [0.15, 0.2) is 0 Å². The number of carbonyl (C=O) groups excluding carboxylic acids is 2. The van der Waals surface area contributed by atoms with Crippen LogP contribution in [0.4, 0.5) is 15.3 Å². The van der Waals surface area contributed by atoms with Crippen molar-refractivity contribution in [3.8, 4) is 22.4 Å². The van der Waals surface area contributed by atoms with Crippen molar-refractivity contribution in [3.05, 3.63) is 98.4 Å². The van der Waals surface area contributed by atoms with Crippen LogP contribution in [0.25, 0.3) is 31.8 Å². The van der Waals surface area contributed by atoms with Crippen molar-refractivity contribution in [3.63, 3.8) is 0 Å². The van der Waals surface area contributed by atoms with Crippen LogP contribution in [-0.4, -0.2) is 59.1 Å². The highest BCUT2D eigenvalue weighted by molar-refractivity contribution is 7.21. The second-order valence-corrected chi connectivity index (χ2v) is 10.6. The number of para-hydroxylation sites is 1. The molecule has 0 aliphatic carbocycles.